The fraction of sp³-hybridized carbons (Fsp3) is 0.389. The van der Waals surface area contributed by atoms with Crippen molar-refractivity contribution in [2.75, 3.05) is 7.05 Å². The van der Waals surface area contributed by atoms with Crippen molar-refractivity contribution >= 4 is 5.78 Å². The monoisotopic (exact) mass is 295 g/mol. The van der Waals surface area contributed by atoms with Gasteiger partial charge in [0.2, 0.25) is 0 Å². The van der Waals surface area contributed by atoms with Crippen LogP contribution in [0.5, 0.6) is 0 Å². The highest BCUT2D eigenvalue weighted by Gasteiger charge is 2.45. The number of piperidine rings is 1. The maximum atomic E-state index is 12.8. The normalized spacial score (nSPS) is 29.5. The molecule has 3 rings (SSSR count). The highest BCUT2D eigenvalue weighted by atomic mass is 16.1. The molecule has 1 saturated heterocycles. The van der Waals surface area contributed by atoms with E-state index in [2.05, 4.69) is 21.9 Å². The minimum absolute atomic E-state index is 0.0168. The van der Waals surface area contributed by atoms with E-state index in [1.165, 1.54) is 0 Å². The van der Waals surface area contributed by atoms with Crippen LogP contribution >= 0.6 is 0 Å². The summed E-state index contributed by atoms with van der Waals surface area (Å²) < 4.78 is 0. The van der Waals surface area contributed by atoms with E-state index in [-0.39, 0.29) is 29.7 Å². The molecule has 0 saturated carbocycles. The van der Waals surface area contributed by atoms with Crippen LogP contribution < -0.4 is 0 Å². The first-order chi connectivity index (χ1) is 10.6. The lowest BCUT2D eigenvalue weighted by Gasteiger charge is -2.45. The van der Waals surface area contributed by atoms with E-state index >= 15 is 0 Å². The van der Waals surface area contributed by atoms with Crippen molar-refractivity contribution in [2.24, 2.45) is 11.8 Å². The molecule has 4 atom stereocenters. The third-order valence-electron chi connectivity index (χ3n) is 4.70. The molecule has 4 nitrogen and oxygen atoms in total. The Labute approximate surface area is 131 Å². The molecule has 4 heteroatoms. The molecule has 0 radical (unpaired) electrons. The Kier molecular flexibility index (Phi) is 4.03. The average Bonchev–Trinajstić information content (AvgIpc) is 2.55. The zero-order valence-corrected chi connectivity index (χ0v) is 13.2. The van der Waals surface area contributed by atoms with Gasteiger partial charge in [-0.1, -0.05) is 26.0 Å². The van der Waals surface area contributed by atoms with Crippen molar-refractivity contribution in [2.45, 2.75) is 25.9 Å². The van der Waals surface area contributed by atoms with Gasteiger partial charge in [0.25, 0.3) is 0 Å². The van der Waals surface area contributed by atoms with Gasteiger partial charge >= 0.3 is 0 Å². The van der Waals surface area contributed by atoms with Crippen molar-refractivity contribution in [3.8, 4) is 0 Å². The van der Waals surface area contributed by atoms with Crippen molar-refractivity contribution in [3.05, 3.63) is 60.2 Å². The predicted octanol–water partition coefficient (Wildman–Crippen LogP) is 3.05. The topological polar surface area (TPSA) is 46.1 Å². The lowest BCUT2D eigenvalue weighted by Crippen LogP contribution is -2.47. The minimum atomic E-state index is -0.0742. The molecule has 22 heavy (non-hydrogen) atoms. The van der Waals surface area contributed by atoms with E-state index in [0.29, 0.717) is 0 Å². The van der Waals surface area contributed by atoms with Crippen molar-refractivity contribution in [1.82, 2.24) is 14.9 Å². The first kappa shape index (κ1) is 14.9. The number of likely N-dealkylation sites (tertiary alicyclic amines) is 1. The van der Waals surface area contributed by atoms with Crippen LogP contribution in [0.2, 0.25) is 0 Å². The van der Waals surface area contributed by atoms with E-state index < -0.39 is 0 Å². The molecule has 1 aliphatic heterocycles. The van der Waals surface area contributed by atoms with Crippen LogP contribution in [-0.2, 0) is 4.79 Å². The first-order valence-corrected chi connectivity index (χ1v) is 7.68. The van der Waals surface area contributed by atoms with Gasteiger partial charge in [-0.3, -0.25) is 19.7 Å². The molecule has 114 valence electrons. The summed E-state index contributed by atoms with van der Waals surface area (Å²) in [5.74, 6) is 0.133. The second kappa shape index (κ2) is 5.97. The summed E-state index contributed by atoms with van der Waals surface area (Å²) in [6.07, 6.45) is 3.57. The van der Waals surface area contributed by atoms with Gasteiger partial charge in [-0.05, 0) is 31.3 Å². The summed E-state index contributed by atoms with van der Waals surface area (Å²) in [7, 11) is 2.07. The van der Waals surface area contributed by atoms with Gasteiger partial charge in [-0.15, -0.1) is 0 Å². The number of pyridine rings is 2. The van der Waals surface area contributed by atoms with Gasteiger partial charge in [0.05, 0.1) is 23.5 Å². The molecular weight excluding hydrogens is 274 g/mol. The van der Waals surface area contributed by atoms with Crippen LogP contribution in [0.25, 0.3) is 0 Å². The van der Waals surface area contributed by atoms with E-state index in [9.17, 15) is 4.79 Å². The van der Waals surface area contributed by atoms with Crippen molar-refractivity contribution in [1.29, 1.82) is 0 Å². The summed E-state index contributed by atoms with van der Waals surface area (Å²) >= 11 is 0. The number of carbonyl (C=O) groups is 1. The Hall–Kier alpha value is -2.07. The molecule has 0 aromatic carbocycles. The summed E-state index contributed by atoms with van der Waals surface area (Å²) in [5, 5.41) is 0. The third-order valence-corrected chi connectivity index (χ3v) is 4.70. The highest BCUT2D eigenvalue weighted by molar-refractivity contribution is 5.85. The second-order valence-electron chi connectivity index (χ2n) is 6.04. The molecule has 0 spiro atoms. The first-order valence-electron chi connectivity index (χ1n) is 7.68. The Morgan fingerprint density at radius 1 is 0.864 bits per heavy atom. The third kappa shape index (κ3) is 2.44. The maximum Gasteiger partial charge on any atom is 0.142 e. The molecule has 1 fully saturated rings. The number of carbonyl (C=O) groups excluding carboxylic acids is 1. The predicted molar refractivity (Wildman–Crippen MR) is 85.1 cm³/mol. The number of ketones is 1. The van der Waals surface area contributed by atoms with Crippen molar-refractivity contribution in [3.63, 3.8) is 0 Å². The van der Waals surface area contributed by atoms with Gasteiger partial charge in [0, 0.05) is 24.2 Å². The molecule has 3 heterocycles. The molecule has 2 aromatic heterocycles. The molecule has 1 aliphatic rings. The highest BCUT2D eigenvalue weighted by Crippen LogP contribution is 2.43. The number of hydrogen-bond donors (Lipinski definition) is 0. The summed E-state index contributed by atoms with van der Waals surface area (Å²) in [5.41, 5.74) is 1.89. The van der Waals surface area contributed by atoms with E-state index in [4.69, 9.17) is 0 Å². The number of nitrogens with zero attached hydrogens (tertiary/aromatic N) is 3. The Balaban J connectivity index is 2.03. The average molecular weight is 295 g/mol. The summed E-state index contributed by atoms with van der Waals surface area (Å²) in [6, 6.07) is 11.7. The second-order valence-corrected chi connectivity index (χ2v) is 6.04. The van der Waals surface area contributed by atoms with Crippen LogP contribution in [0.4, 0.5) is 0 Å². The largest absolute Gasteiger partial charge is 0.299 e. The molecule has 0 amide bonds. The lowest BCUT2D eigenvalue weighted by atomic mass is 9.77. The maximum absolute atomic E-state index is 12.8. The van der Waals surface area contributed by atoms with E-state index in [0.717, 1.165) is 11.4 Å². The number of hydrogen-bond acceptors (Lipinski definition) is 4. The Morgan fingerprint density at radius 3 is 1.68 bits per heavy atom. The summed E-state index contributed by atoms with van der Waals surface area (Å²) in [4.78, 5) is 24.0. The quantitative estimate of drug-likeness (QED) is 0.854. The van der Waals surface area contributed by atoms with E-state index in [1.54, 1.807) is 12.4 Å². The SMILES string of the molecule is CC1C(=O)C(C)C(c2ccccn2)N(C)C1c1ccccn1. The number of aromatic nitrogens is 2. The molecule has 0 N–H and O–H groups in total. The van der Waals surface area contributed by atoms with Gasteiger partial charge in [0.1, 0.15) is 5.78 Å². The zero-order valence-electron chi connectivity index (χ0n) is 13.2. The lowest BCUT2D eigenvalue weighted by molar-refractivity contribution is -0.137. The van der Waals surface area contributed by atoms with Crippen LogP contribution in [-0.4, -0.2) is 27.7 Å². The minimum Gasteiger partial charge on any atom is -0.299 e. The van der Waals surface area contributed by atoms with E-state index in [1.807, 2.05) is 50.2 Å². The number of Topliss-reactive ketones (excluding diaryl/α,β-unsaturated/α-hetero) is 1. The molecular formula is C18H21N3O. The zero-order chi connectivity index (χ0) is 15.7. The van der Waals surface area contributed by atoms with Crippen molar-refractivity contribution < 1.29 is 4.79 Å². The Morgan fingerprint density at radius 2 is 1.32 bits per heavy atom. The standard InChI is InChI=1S/C18H21N3O/c1-12-16(14-8-4-6-10-19-14)21(3)17(13(2)18(12)22)15-9-5-7-11-20-15/h4-13,16-17H,1-3H3. The fourth-order valence-electron chi connectivity index (χ4n) is 3.64. The van der Waals surface area contributed by atoms with Crippen LogP contribution in [0.3, 0.4) is 0 Å². The molecule has 2 aromatic rings. The molecule has 0 aliphatic carbocycles. The van der Waals surface area contributed by atoms with Crippen LogP contribution in [0, 0.1) is 11.8 Å². The van der Waals surface area contributed by atoms with Gasteiger partial charge in [-0.2, -0.15) is 0 Å². The number of rotatable bonds is 2. The van der Waals surface area contributed by atoms with Gasteiger partial charge < -0.3 is 0 Å². The fourth-order valence-corrected chi connectivity index (χ4v) is 3.64. The Bertz CT molecular complexity index is 588. The summed E-state index contributed by atoms with van der Waals surface area (Å²) in [6.45, 7) is 4.01. The van der Waals surface area contributed by atoms with Gasteiger partial charge in [0.15, 0.2) is 0 Å². The van der Waals surface area contributed by atoms with Crippen LogP contribution in [0.1, 0.15) is 37.3 Å². The molecule has 0 bridgehead atoms. The van der Waals surface area contributed by atoms with Gasteiger partial charge in [-0.25, -0.2) is 0 Å². The smallest absolute Gasteiger partial charge is 0.142 e. The molecule has 4 unspecified atom stereocenters. The van der Waals surface area contributed by atoms with Crippen LogP contribution in [0.15, 0.2) is 48.8 Å².